The van der Waals surface area contributed by atoms with Crippen molar-refractivity contribution in [1.29, 1.82) is 0 Å². The molecule has 1 aromatic rings. The van der Waals surface area contributed by atoms with E-state index < -0.39 is 0 Å². The molecule has 1 amide bonds. The number of piperidine rings is 1. The Hall–Kier alpha value is -0.930. The highest BCUT2D eigenvalue weighted by molar-refractivity contribution is 14.0. The van der Waals surface area contributed by atoms with Crippen molar-refractivity contribution in [3.05, 3.63) is 33.8 Å². The van der Waals surface area contributed by atoms with Crippen molar-refractivity contribution >= 4 is 59.2 Å². The van der Waals surface area contributed by atoms with E-state index in [-0.39, 0.29) is 36.1 Å². The number of guanidine groups is 1. The third-order valence-electron chi connectivity index (χ3n) is 3.98. The normalized spacial score (nSPS) is 15.3. The fourth-order valence-corrected chi connectivity index (χ4v) is 3.31. The van der Waals surface area contributed by atoms with Gasteiger partial charge in [0.15, 0.2) is 5.96 Å². The van der Waals surface area contributed by atoms with Gasteiger partial charge < -0.3 is 20.7 Å². The summed E-state index contributed by atoms with van der Waals surface area (Å²) in [7, 11) is 0. The number of likely N-dealkylation sites (tertiary alicyclic amines) is 1. The van der Waals surface area contributed by atoms with Gasteiger partial charge in [0, 0.05) is 35.7 Å². The number of nitrogens with one attached hydrogen (secondary N) is 1. The number of amides is 1. The highest BCUT2D eigenvalue weighted by Crippen LogP contribution is 2.19. The molecule has 2 rings (SSSR count). The van der Waals surface area contributed by atoms with Crippen LogP contribution in [-0.2, 0) is 11.2 Å². The van der Waals surface area contributed by atoms with E-state index in [0.717, 1.165) is 18.4 Å². The van der Waals surface area contributed by atoms with Gasteiger partial charge in [0.25, 0.3) is 0 Å². The zero-order valence-corrected chi connectivity index (χ0v) is 18.6. The van der Waals surface area contributed by atoms with Gasteiger partial charge in [-0.15, -0.1) is 24.0 Å². The number of aliphatic imine (C=N–C) groups is 1. The zero-order valence-electron chi connectivity index (χ0n) is 14.7. The first-order chi connectivity index (χ1) is 12.0. The highest BCUT2D eigenvalue weighted by atomic mass is 127. The highest BCUT2D eigenvalue weighted by Gasteiger charge is 2.23. The molecular formula is C17H25Cl2IN4O2. The third kappa shape index (κ3) is 7.75. The molecule has 1 aromatic carbocycles. The Bertz CT molecular complexity index is 603. The summed E-state index contributed by atoms with van der Waals surface area (Å²) in [6.07, 6.45) is 2.10. The largest absolute Gasteiger partial charge is 0.450 e. The Morgan fingerprint density at radius 2 is 1.92 bits per heavy atom. The van der Waals surface area contributed by atoms with Gasteiger partial charge in [-0.05, 0) is 49.9 Å². The van der Waals surface area contributed by atoms with Crippen LogP contribution in [0, 0.1) is 0 Å². The topological polar surface area (TPSA) is 80.0 Å². The summed E-state index contributed by atoms with van der Waals surface area (Å²) in [5, 5.41) is 4.45. The van der Waals surface area contributed by atoms with E-state index in [1.54, 1.807) is 17.9 Å². The van der Waals surface area contributed by atoms with Gasteiger partial charge in [-0.2, -0.15) is 0 Å². The van der Waals surface area contributed by atoms with E-state index in [0.29, 0.717) is 48.7 Å². The van der Waals surface area contributed by atoms with Crippen molar-refractivity contribution in [1.82, 2.24) is 10.2 Å². The molecule has 1 aliphatic rings. The number of carbonyl (C=O) groups excluding carboxylic acids is 1. The number of nitrogens with zero attached hydrogens (tertiary/aromatic N) is 2. The van der Waals surface area contributed by atoms with Crippen LogP contribution in [0.25, 0.3) is 0 Å². The number of nitrogens with two attached hydrogens (primary N) is 1. The van der Waals surface area contributed by atoms with Crippen LogP contribution in [-0.4, -0.2) is 49.2 Å². The van der Waals surface area contributed by atoms with E-state index >= 15 is 0 Å². The first kappa shape index (κ1) is 23.1. The molecule has 26 heavy (non-hydrogen) atoms. The van der Waals surface area contributed by atoms with E-state index in [9.17, 15) is 4.79 Å². The minimum Gasteiger partial charge on any atom is -0.450 e. The monoisotopic (exact) mass is 514 g/mol. The van der Waals surface area contributed by atoms with Gasteiger partial charge in [-0.3, -0.25) is 4.99 Å². The van der Waals surface area contributed by atoms with Crippen molar-refractivity contribution in [3.8, 4) is 0 Å². The summed E-state index contributed by atoms with van der Waals surface area (Å²) < 4.78 is 5.01. The maximum atomic E-state index is 11.7. The molecule has 0 spiro atoms. The Balaban J connectivity index is 0.00000338. The predicted octanol–water partition coefficient (Wildman–Crippen LogP) is 3.68. The van der Waals surface area contributed by atoms with Crippen LogP contribution in [0.3, 0.4) is 0 Å². The lowest BCUT2D eigenvalue weighted by Gasteiger charge is -2.31. The SMILES string of the molecule is CCOC(=O)N1CCC(NC(N)=NCCc2cc(Cl)cc(Cl)c2)CC1.I. The quantitative estimate of drug-likeness (QED) is 0.357. The smallest absolute Gasteiger partial charge is 0.409 e. The van der Waals surface area contributed by atoms with Crippen LogP contribution < -0.4 is 11.1 Å². The van der Waals surface area contributed by atoms with E-state index in [4.69, 9.17) is 33.7 Å². The lowest BCUT2D eigenvalue weighted by Crippen LogP contribution is -2.48. The van der Waals surface area contributed by atoms with Crippen molar-refractivity contribution in [2.75, 3.05) is 26.2 Å². The maximum Gasteiger partial charge on any atom is 0.409 e. The van der Waals surface area contributed by atoms with Crippen LogP contribution >= 0.6 is 47.2 Å². The van der Waals surface area contributed by atoms with E-state index in [1.807, 2.05) is 12.1 Å². The number of rotatable bonds is 5. The molecule has 9 heteroatoms. The lowest BCUT2D eigenvalue weighted by atomic mass is 10.1. The van der Waals surface area contributed by atoms with Gasteiger partial charge in [0.05, 0.1) is 6.61 Å². The lowest BCUT2D eigenvalue weighted by molar-refractivity contribution is 0.0963. The molecule has 0 aromatic heterocycles. The fraction of sp³-hybridized carbons (Fsp3) is 0.529. The van der Waals surface area contributed by atoms with E-state index in [1.165, 1.54) is 0 Å². The minimum absolute atomic E-state index is 0. The van der Waals surface area contributed by atoms with E-state index in [2.05, 4.69) is 10.3 Å². The van der Waals surface area contributed by atoms with Crippen LogP contribution in [0.5, 0.6) is 0 Å². The number of hydrogen-bond donors (Lipinski definition) is 2. The molecule has 0 saturated carbocycles. The molecule has 6 nitrogen and oxygen atoms in total. The number of hydrogen-bond acceptors (Lipinski definition) is 3. The maximum absolute atomic E-state index is 11.7. The first-order valence-electron chi connectivity index (χ1n) is 8.41. The van der Waals surface area contributed by atoms with Crippen LogP contribution in [0.15, 0.2) is 23.2 Å². The molecule has 1 fully saturated rings. The van der Waals surface area contributed by atoms with Crippen LogP contribution in [0.2, 0.25) is 10.0 Å². The van der Waals surface area contributed by atoms with Gasteiger partial charge in [-0.25, -0.2) is 4.79 Å². The molecule has 0 aliphatic carbocycles. The first-order valence-corrected chi connectivity index (χ1v) is 9.16. The standard InChI is InChI=1S/C17H24Cl2N4O2.HI/c1-2-25-17(24)23-7-4-15(5-8-23)22-16(20)21-6-3-12-9-13(18)11-14(19)10-12;/h9-11,15H,2-8H2,1H3,(H3,20,21,22);1H. The fourth-order valence-electron chi connectivity index (χ4n) is 2.74. The Morgan fingerprint density at radius 3 is 2.50 bits per heavy atom. The molecule has 1 saturated heterocycles. The Labute approximate surface area is 181 Å². The third-order valence-corrected chi connectivity index (χ3v) is 4.41. The number of ether oxygens (including phenoxy) is 1. The zero-order chi connectivity index (χ0) is 18.2. The second-order valence-corrected chi connectivity index (χ2v) is 6.77. The molecule has 0 unspecified atom stereocenters. The van der Waals surface area contributed by atoms with Crippen molar-refractivity contribution in [3.63, 3.8) is 0 Å². The summed E-state index contributed by atoms with van der Waals surface area (Å²) in [6, 6.07) is 5.67. The molecule has 1 heterocycles. The number of benzene rings is 1. The summed E-state index contributed by atoms with van der Waals surface area (Å²) >= 11 is 12.0. The summed E-state index contributed by atoms with van der Waals surface area (Å²) in [5.41, 5.74) is 6.98. The van der Waals surface area contributed by atoms with Gasteiger partial charge in [0.2, 0.25) is 0 Å². The van der Waals surface area contributed by atoms with Gasteiger partial charge in [-0.1, -0.05) is 23.2 Å². The summed E-state index contributed by atoms with van der Waals surface area (Å²) in [4.78, 5) is 17.7. The van der Waals surface area contributed by atoms with Crippen molar-refractivity contribution in [2.24, 2.45) is 10.7 Å². The summed E-state index contributed by atoms with van der Waals surface area (Å²) in [6.45, 7) is 4.07. The van der Waals surface area contributed by atoms with Crippen molar-refractivity contribution in [2.45, 2.75) is 32.2 Å². The average molecular weight is 515 g/mol. The predicted molar refractivity (Wildman–Crippen MR) is 117 cm³/mol. The Morgan fingerprint density at radius 1 is 1.31 bits per heavy atom. The van der Waals surface area contributed by atoms with Crippen LogP contribution in [0.1, 0.15) is 25.3 Å². The molecule has 0 atom stereocenters. The summed E-state index contributed by atoms with van der Waals surface area (Å²) in [5.74, 6) is 0.419. The minimum atomic E-state index is -0.247. The van der Waals surface area contributed by atoms with Gasteiger partial charge >= 0.3 is 6.09 Å². The molecule has 3 N–H and O–H groups in total. The second kappa shape index (κ2) is 11.7. The van der Waals surface area contributed by atoms with Crippen LogP contribution in [0.4, 0.5) is 4.79 Å². The molecule has 0 radical (unpaired) electrons. The molecular weight excluding hydrogens is 490 g/mol. The molecule has 0 bridgehead atoms. The van der Waals surface area contributed by atoms with Gasteiger partial charge in [0.1, 0.15) is 0 Å². The molecule has 1 aliphatic heterocycles. The second-order valence-electron chi connectivity index (χ2n) is 5.90. The number of halogens is 3. The molecule has 146 valence electrons. The van der Waals surface area contributed by atoms with Crippen molar-refractivity contribution < 1.29 is 9.53 Å². The Kier molecular flexibility index (Phi) is 10.4. The number of carbonyl (C=O) groups is 1. The average Bonchev–Trinajstić information content (AvgIpc) is 2.55.